The summed E-state index contributed by atoms with van der Waals surface area (Å²) in [6.45, 7) is 6.46. The van der Waals surface area contributed by atoms with E-state index in [1.54, 1.807) is 6.07 Å². The number of aromatic amines is 1. The smallest absolute Gasteiger partial charge is 0.178 e. The van der Waals surface area contributed by atoms with Crippen LogP contribution in [-0.4, -0.2) is 9.55 Å². The number of rotatable bonds is 3. The second-order valence-electron chi connectivity index (χ2n) is 5.06. The van der Waals surface area contributed by atoms with Crippen molar-refractivity contribution in [1.82, 2.24) is 9.55 Å². The summed E-state index contributed by atoms with van der Waals surface area (Å²) in [5.41, 5.74) is 1.69. The lowest BCUT2D eigenvalue weighted by Crippen LogP contribution is -2.08. The maximum Gasteiger partial charge on any atom is 0.178 e. The molecule has 0 aliphatic carbocycles. The molecule has 0 bridgehead atoms. The lowest BCUT2D eigenvalue weighted by molar-refractivity contribution is 0.432. The molecule has 1 aromatic carbocycles. The van der Waals surface area contributed by atoms with E-state index in [0.717, 1.165) is 17.5 Å². The average molecular weight is 331 g/mol. The number of halogens is 2. The minimum absolute atomic E-state index is 0.256. The van der Waals surface area contributed by atoms with Crippen LogP contribution in [0.15, 0.2) is 16.6 Å². The normalized spacial score (nSPS) is 13.4. The van der Waals surface area contributed by atoms with Gasteiger partial charge in [0, 0.05) is 12.1 Å². The highest BCUT2D eigenvalue weighted by atomic mass is 79.9. The van der Waals surface area contributed by atoms with Gasteiger partial charge in [-0.1, -0.05) is 13.8 Å². The van der Waals surface area contributed by atoms with Crippen molar-refractivity contribution in [2.24, 2.45) is 5.92 Å². The second kappa shape index (κ2) is 5.13. The molecular weight excluding hydrogens is 315 g/mol. The molecular formula is C13H16BrFN2S. The van der Waals surface area contributed by atoms with Gasteiger partial charge in [0.2, 0.25) is 0 Å². The van der Waals surface area contributed by atoms with E-state index in [2.05, 4.69) is 41.7 Å². The Morgan fingerprint density at radius 3 is 2.67 bits per heavy atom. The molecule has 18 heavy (non-hydrogen) atoms. The number of aromatic nitrogens is 2. The third kappa shape index (κ3) is 2.52. The van der Waals surface area contributed by atoms with Gasteiger partial charge in [0.15, 0.2) is 4.77 Å². The third-order valence-electron chi connectivity index (χ3n) is 3.01. The Bertz CT molecular complexity index is 630. The van der Waals surface area contributed by atoms with Crippen LogP contribution < -0.4 is 0 Å². The summed E-state index contributed by atoms with van der Waals surface area (Å²) in [5.74, 6) is 0.314. The minimum Gasteiger partial charge on any atom is -0.331 e. The Labute approximate surface area is 119 Å². The summed E-state index contributed by atoms with van der Waals surface area (Å²) in [5, 5.41) is 0. The molecule has 0 radical (unpaired) electrons. The van der Waals surface area contributed by atoms with Crippen LogP contribution >= 0.6 is 28.1 Å². The van der Waals surface area contributed by atoms with E-state index < -0.39 is 0 Å². The van der Waals surface area contributed by atoms with Gasteiger partial charge in [-0.25, -0.2) is 4.39 Å². The van der Waals surface area contributed by atoms with Crippen LogP contribution in [0.3, 0.4) is 0 Å². The van der Waals surface area contributed by atoms with Crippen LogP contribution in [0, 0.1) is 16.5 Å². The number of imidazole rings is 1. The molecule has 0 saturated carbocycles. The Balaban J connectivity index is 2.60. The fraction of sp³-hybridized carbons (Fsp3) is 0.462. The molecule has 98 valence electrons. The third-order valence-corrected chi connectivity index (χ3v) is 3.92. The first-order valence-corrected chi connectivity index (χ1v) is 7.19. The van der Waals surface area contributed by atoms with Crippen molar-refractivity contribution in [2.75, 3.05) is 0 Å². The van der Waals surface area contributed by atoms with Crippen molar-refractivity contribution in [1.29, 1.82) is 0 Å². The molecule has 0 aliphatic rings. The number of benzene rings is 1. The molecule has 1 atom stereocenters. The van der Waals surface area contributed by atoms with Gasteiger partial charge in [-0.05, 0) is 53.5 Å². The van der Waals surface area contributed by atoms with Crippen LogP contribution in [0.5, 0.6) is 0 Å². The average Bonchev–Trinajstić information content (AvgIpc) is 2.53. The van der Waals surface area contributed by atoms with Crippen LogP contribution in [0.4, 0.5) is 4.39 Å². The van der Waals surface area contributed by atoms with Gasteiger partial charge < -0.3 is 9.55 Å². The maximum absolute atomic E-state index is 13.7. The van der Waals surface area contributed by atoms with Gasteiger partial charge in [-0.3, -0.25) is 0 Å². The van der Waals surface area contributed by atoms with Gasteiger partial charge in [0.1, 0.15) is 5.82 Å². The van der Waals surface area contributed by atoms with Gasteiger partial charge in [-0.2, -0.15) is 0 Å². The SMILES string of the molecule is CC(C)CC(C)n1c(=S)[nH]c2cc(Br)c(F)cc21. The first-order chi connectivity index (χ1) is 8.40. The maximum atomic E-state index is 13.7. The van der Waals surface area contributed by atoms with Gasteiger partial charge in [-0.15, -0.1) is 0 Å². The lowest BCUT2D eigenvalue weighted by atomic mass is 10.1. The highest BCUT2D eigenvalue weighted by molar-refractivity contribution is 9.10. The van der Waals surface area contributed by atoms with Gasteiger partial charge in [0.25, 0.3) is 0 Å². The van der Waals surface area contributed by atoms with Crippen molar-refractivity contribution >= 4 is 39.2 Å². The molecule has 2 nitrogen and oxygen atoms in total. The fourth-order valence-electron chi connectivity index (χ4n) is 2.35. The molecule has 5 heteroatoms. The second-order valence-corrected chi connectivity index (χ2v) is 6.30. The molecule has 2 aromatic rings. The van der Waals surface area contributed by atoms with Crippen LogP contribution in [0.25, 0.3) is 11.0 Å². The van der Waals surface area contributed by atoms with Crippen molar-refractivity contribution < 1.29 is 4.39 Å². The molecule has 1 heterocycles. The zero-order valence-corrected chi connectivity index (χ0v) is 13.0. The van der Waals surface area contributed by atoms with Crippen molar-refractivity contribution in [3.8, 4) is 0 Å². The molecule has 0 spiro atoms. The van der Waals surface area contributed by atoms with Crippen LogP contribution in [-0.2, 0) is 0 Å². The Morgan fingerprint density at radius 1 is 1.39 bits per heavy atom. The summed E-state index contributed by atoms with van der Waals surface area (Å²) < 4.78 is 16.8. The summed E-state index contributed by atoms with van der Waals surface area (Å²) >= 11 is 8.53. The molecule has 1 unspecified atom stereocenters. The lowest BCUT2D eigenvalue weighted by Gasteiger charge is -2.16. The van der Waals surface area contributed by atoms with E-state index in [0.29, 0.717) is 15.2 Å². The fourth-order valence-corrected chi connectivity index (χ4v) is 3.08. The summed E-state index contributed by atoms with van der Waals surface area (Å²) in [6, 6.07) is 3.52. The number of hydrogen-bond donors (Lipinski definition) is 1. The van der Waals surface area contributed by atoms with E-state index in [9.17, 15) is 4.39 Å². The first-order valence-electron chi connectivity index (χ1n) is 5.99. The highest BCUT2D eigenvalue weighted by Gasteiger charge is 2.14. The molecule has 1 N–H and O–H groups in total. The van der Waals surface area contributed by atoms with Crippen molar-refractivity contribution in [3.63, 3.8) is 0 Å². The van der Waals surface area contributed by atoms with E-state index in [-0.39, 0.29) is 11.9 Å². The Kier molecular flexibility index (Phi) is 3.92. The summed E-state index contributed by atoms with van der Waals surface area (Å²) in [7, 11) is 0. The topological polar surface area (TPSA) is 20.7 Å². The minimum atomic E-state index is -0.262. The predicted octanol–water partition coefficient (Wildman–Crippen LogP) is 5.21. The quantitative estimate of drug-likeness (QED) is 0.766. The zero-order valence-electron chi connectivity index (χ0n) is 10.6. The van der Waals surface area contributed by atoms with E-state index in [1.165, 1.54) is 6.07 Å². The standard InChI is InChI=1S/C13H16BrFN2S/c1-7(2)4-8(3)17-12-6-10(15)9(14)5-11(12)16-13(17)18/h5-8H,4H2,1-3H3,(H,16,18). The molecule has 2 rings (SSSR count). The number of fused-ring (bicyclic) bond motifs is 1. The van der Waals surface area contributed by atoms with Gasteiger partial charge >= 0.3 is 0 Å². The first kappa shape index (κ1) is 13.7. The molecule has 0 saturated heterocycles. The number of nitrogens with one attached hydrogen (secondary N) is 1. The zero-order chi connectivity index (χ0) is 13.4. The van der Waals surface area contributed by atoms with Crippen LogP contribution in [0.1, 0.15) is 33.2 Å². The number of H-pyrrole nitrogens is 1. The van der Waals surface area contributed by atoms with Crippen molar-refractivity contribution in [3.05, 3.63) is 27.2 Å². The molecule has 0 amide bonds. The number of hydrogen-bond acceptors (Lipinski definition) is 1. The van der Waals surface area contributed by atoms with E-state index in [1.807, 2.05) is 4.57 Å². The predicted molar refractivity (Wildman–Crippen MR) is 78.9 cm³/mol. The number of nitrogens with zero attached hydrogens (tertiary/aromatic N) is 1. The van der Waals surface area contributed by atoms with Crippen LogP contribution in [0.2, 0.25) is 0 Å². The largest absolute Gasteiger partial charge is 0.331 e. The summed E-state index contributed by atoms with van der Waals surface area (Å²) in [6.07, 6.45) is 1.01. The van der Waals surface area contributed by atoms with Gasteiger partial charge in [0.05, 0.1) is 15.5 Å². The van der Waals surface area contributed by atoms with E-state index >= 15 is 0 Å². The Morgan fingerprint density at radius 2 is 2.06 bits per heavy atom. The molecule has 0 aliphatic heterocycles. The summed E-state index contributed by atoms with van der Waals surface area (Å²) in [4.78, 5) is 3.13. The van der Waals surface area contributed by atoms with E-state index in [4.69, 9.17) is 12.2 Å². The van der Waals surface area contributed by atoms with Crippen molar-refractivity contribution in [2.45, 2.75) is 33.2 Å². The molecule has 0 fully saturated rings. The molecule has 1 aromatic heterocycles. The Hall–Kier alpha value is -0.680. The monoisotopic (exact) mass is 330 g/mol. The highest BCUT2D eigenvalue weighted by Crippen LogP contribution is 2.27.